The average molecular weight is 485 g/mol. The van der Waals surface area contributed by atoms with Crippen LogP contribution < -0.4 is 0 Å². The van der Waals surface area contributed by atoms with Gasteiger partial charge in [-0.25, -0.2) is 0 Å². The zero-order valence-corrected chi connectivity index (χ0v) is 23.5. The monoisotopic (exact) mass is 484 g/mol. The van der Waals surface area contributed by atoms with Crippen LogP contribution in [0, 0.1) is 0 Å². The van der Waals surface area contributed by atoms with Gasteiger partial charge < -0.3 is 18.9 Å². The minimum Gasteiger partial charge on any atom is -0.382 e. The molecule has 0 bridgehead atoms. The summed E-state index contributed by atoms with van der Waals surface area (Å²) in [4.78, 5) is 0. The Morgan fingerprint density at radius 2 is 0.971 bits per heavy atom. The van der Waals surface area contributed by atoms with Crippen LogP contribution in [0.1, 0.15) is 142 Å². The maximum atomic E-state index is 6.13. The molecule has 1 aliphatic rings. The Kier molecular flexibility index (Phi) is 21.8. The molecule has 4 heteroatoms. The molecular formula is C30H60O4. The van der Waals surface area contributed by atoms with E-state index in [4.69, 9.17) is 18.9 Å². The van der Waals surface area contributed by atoms with Gasteiger partial charge in [-0.2, -0.15) is 0 Å². The largest absolute Gasteiger partial charge is 0.382 e. The predicted molar refractivity (Wildman–Crippen MR) is 145 cm³/mol. The Bertz CT molecular complexity index is 417. The number of ether oxygens (including phenoxy) is 4. The maximum absolute atomic E-state index is 6.13. The first-order chi connectivity index (χ1) is 16.7. The molecule has 1 saturated heterocycles. The quantitative estimate of drug-likeness (QED) is 0.121. The Morgan fingerprint density at radius 3 is 1.35 bits per heavy atom. The van der Waals surface area contributed by atoms with Gasteiger partial charge in [-0.3, -0.25) is 0 Å². The molecule has 0 amide bonds. The van der Waals surface area contributed by atoms with E-state index in [-0.39, 0.29) is 24.4 Å². The summed E-state index contributed by atoms with van der Waals surface area (Å²) >= 11 is 0. The average Bonchev–Trinajstić information content (AvgIpc) is 3.14. The van der Waals surface area contributed by atoms with Crippen molar-refractivity contribution in [1.29, 1.82) is 0 Å². The number of hydrogen-bond acceptors (Lipinski definition) is 4. The van der Waals surface area contributed by atoms with E-state index >= 15 is 0 Å². The van der Waals surface area contributed by atoms with Gasteiger partial charge in [0, 0.05) is 20.8 Å². The van der Waals surface area contributed by atoms with Gasteiger partial charge in [0.25, 0.3) is 0 Å². The molecule has 0 saturated carbocycles. The minimum absolute atomic E-state index is 0.0190. The van der Waals surface area contributed by atoms with Gasteiger partial charge in [0.1, 0.15) is 18.3 Å². The van der Waals surface area contributed by atoms with Crippen LogP contribution in [0.15, 0.2) is 0 Å². The predicted octanol–water partition coefficient (Wildman–Crippen LogP) is 8.64. The Balaban J connectivity index is 1.79. The van der Waals surface area contributed by atoms with Crippen LogP contribution in [-0.4, -0.2) is 51.8 Å². The highest BCUT2D eigenvalue weighted by Crippen LogP contribution is 2.26. The molecule has 34 heavy (non-hydrogen) atoms. The molecule has 4 nitrogen and oxygen atoms in total. The van der Waals surface area contributed by atoms with E-state index in [2.05, 4.69) is 13.8 Å². The first kappa shape index (κ1) is 31.9. The molecule has 0 spiro atoms. The molecule has 4 atom stereocenters. The molecule has 1 rings (SSSR count). The molecule has 0 aromatic heterocycles. The van der Waals surface area contributed by atoms with Crippen LogP contribution in [0.25, 0.3) is 0 Å². The molecular weight excluding hydrogens is 424 g/mol. The van der Waals surface area contributed by atoms with Crippen molar-refractivity contribution in [1.82, 2.24) is 0 Å². The van der Waals surface area contributed by atoms with Crippen LogP contribution in [0.3, 0.4) is 0 Å². The van der Waals surface area contributed by atoms with Gasteiger partial charge in [0.2, 0.25) is 0 Å². The molecule has 204 valence electrons. The summed E-state index contributed by atoms with van der Waals surface area (Å²) < 4.78 is 22.9. The van der Waals surface area contributed by atoms with Crippen molar-refractivity contribution in [3.8, 4) is 0 Å². The van der Waals surface area contributed by atoms with Crippen molar-refractivity contribution in [2.45, 2.75) is 167 Å². The number of unbranched alkanes of at least 4 members (excludes halogenated alkanes) is 19. The van der Waals surface area contributed by atoms with Crippen molar-refractivity contribution >= 4 is 0 Å². The third kappa shape index (κ3) is 15.8. The molecule has 0 aromatic rings. The van der Waals surface area contributed by atoms with E-state index in [1.807, 2.05) is 0 Å². The third-order valence-corrected chi connectivity index (χ3v) is 7.45. The Hall–Kier alpha value is -0.160. The summed E-state index contributed by atoms with van der Waals surface area (Å²) in [5, 5.41) is 0. The lowest BCUT2D eigenvalue weighted by atomic mass is 10.0. The lowest BCUT2D eigenvalue weighted by Gasteiger charge is -2.22. The second-order valence-corrected chi connectivity index (χ2v) is 10.6. The van der Waals surface area contributed by atoms with Crippen molar-refractivity contribution in [2.75, 3.05) is 27.4 Å². The van der Waals surface area contributed by atoms with Gasteiger partial charge in [0.05, 0.1) is 12.7 Å². The molecule has 0 aromatic carbocycles. The molecule has 1 fully saturated rings. The smallest absolute Gasteiger partial charge is 0.114 e. The molecule has 1 aliphatic heterocycles. The summed E-state index contributed by atoms with van der Waals surface area (Å²) in [5.41, 5.74) is 0. The number of hydrogen-bond donors (Lipinski definition) is 0. The SMILES string of the molecule is CCCCCCCCCCCCCCCCCCCCCCOC1C(C)OC(COC)C1OC. The second kappa shape index (κ2) is 23.3. The highest BCUT2D eigenvalue weighted by atomic mass is 16.6. The summed E-state index contributed by atoms with van der Waals surface area (Å²) in [6, 6.07) is 0. The fourth-order valence-electron chi connectivity index (χ4n) is 5.30. The first-order valence-corrected chi connectivity index (χ1v) is 15.0. The summed E-state index contributed by atoms with van der Waals surface area (Å²) in [6.45, 7) is 5.73. The molecule has 1 heterocycles. The topological polar surface area (TPSA) is 36.9 Å². The van der Waals surface area contributed by atoms with Crippen LogP contribution >= 0.6 is 0 Å². The summed E-state index contributed by atoms with van der Waals surface area (Å²) in [7, 11) is 3.44. The van der Waals surface area contributed by atoms with E-state index in [9.17, 15) is 0 Å². The van der Waals surface area contributed by atoms with Crippen molar-refractivity contribution in [2.24, 2.45) is 0 Å². The van der Waals surface area contributed by atoms with E-state index in [0.29, 0.717) is 6.61 Å². The van der Waals surface area contributed by atoms with Crippen molar-refractivity contribution < 1.29 is 18.9 Å². The first-order valence-electron chi connectivity index (χ1n) is 15.0. The molecule has 4 unspecified atom stereocenters. The van der Waals surface area contributed by atoms with Gasteiger partial charge >= 0.3 is 0 Å². The van der Waals surface area contributed by atoms with Crippen LogP contribution in [-0.2, 0) is 18.9 Å². The summed E-state index contributed by atoms with van der Waals surface area (Å²) in [6.07, 6.45) is 28.2. The van der Waals surface area contributed by atoms with Crippen molar-refractivity contribution in [3.05, 3.63) is 0 Å². The Morgan fingerprint density at radius 1 is 0.559 bits per heavy atom. The highest BCUT2D eigenvalue weighted by Gasteiger charge is 2.43. The zero-order chi connectivity index (χ0) is 24.7. The Labute approximate surface area is 213 Å². The molecule has 0 radical (unpaired) electrons. The maximum Gasteiger partial charge on any atom is 0.114 e. The lowest BCUT2D eigenvalue weighted by Crippen LogP contribution is -2.37. The highest BCUT2D eigenvalue weighted by molar-refractivity contribution is 4.91. The minimum atomic E-state index is -0.0277. The third-order valence-electron chi connectivity index (χ3n) is 7.45. The number of methoxy groups -OCH3 is 2. The summed E-state index contributed by atoms with van der Waals surface area (Å²) in [5.74, 6) is 0. The van der Waals surface area contributed by atoms with E-state index in [1.54, 1.807) is 14.2 Å². The van der Waals surface area contributed by atoms with E-state index in [1.165, 1.54) is 122 Å². The fourth-order valence-corrected chi connectivity index (χ4v) is 5.30. The van der Waals surface area contributed by atoms with Crippen LogP contribution in [0.5, 0.6) is 0 Å². The normalized spacial score (nSPS) is 22.6. The van der Waals surface area contributed by atoms with E-state index in [0.717, 1.165) is 13.0 Å². The molecule has 0 N–H and O–H groups in total. The van der Waals surface area contributed by atoms with Crippen molar-refractivity contribution in [3.63, 3.8) is 0 Å². The standard InChI is InChI=1S/C30H60O4/c1-5-6-7-8-9-10-11-12-13-14-15-16-17-18-19-20-21-22-23-24-25-33-29-27(2)34-28(26-31-3)30(29)32-4/h27-30H,5-26H2,1-4H3. The number of rotatable bonds is 25. The molecule has 0 aliphatic carbocycles. The van der Waals surface area contributed by atoms with Gasteiger partial charge in [-0.05, 0) is 13.3 Å². The second-order valence-electron chi connectivity index (χ2n) is 10.6. The van der Waals surface area contributed by atoms with Gasteiger partial charge in [0.15, 0.2) is 0 Å². The van der Waals surface area contributed by atoms with Crippen LogP contribution in [0.2, 0.25) is 0 Å². The van der Waals surface area contributed by atoms with E-state index < -0.39 is 0 Å². The zero-order valence-electron chi connectivity index (χ0n) is 23.5. The lowest BCUT2D eigenvalue weighted by molar-refractivity contribution is -0.0565. The van der Waals surface area contributed by atoms with Crippen LogP contribution in [0.4, 0.5) is 0 Å². The fraction of sp³-hybridized carbons (Fsp3) is 1.00. The van der Waals surface area contributed by atoms with Gasteiger partial charge in [-0.15, -0.1) is 0 Å². The van der Waals surface area contributed by atoms with Gasteiger partial charge in [-0.1, -0.05) is 129 Å².